The second-order valence-electron chi connectivity index (χ2n) is 5.25. The number of fused-ring (bicyclic) bond motifs is 1. The number of rotatable bonds is 2. The Hall–Kier alpha value is -1.81. The van der Waals surface area contributed by atoms with Gasteiger partial charge in [-0.15, -0.1) is 0 Å². The number of hydrogen-bond acceptors (Lipinski definition) is 3. The van der Waals surface area contributed by atoms with E-state index in [2.05, 4.69) is 0 Å². The summed E-state index contributed by atoms with van der Waals surface area (Å²) in [6.07, 6.45) is 0. The third-order valence-corrected chi connectivity index (χ3v) is 3.26. The molecule has 4 heteroatoms. The zero-order valence-electron chi connectivity index (χ0n) is 10.7. The highest BCUT2D eigenvalue weighted by atomic mass is 28.4. The largest absolute Gasteiger partial charge is 0.516 e. The lowest BCUT2D eigenvalue weighted by Crippen LogP contribution is -2.29. The molecule has 2 aromatic rings. The summed E-state index contributed by atoms with van der Waals surface area (Å²) >= 11 is 0. The van der Waals surface area contributed by atoms with Crippen molar-refractivity contribution in [1.29, 1.82) is 0 Å². The van der Waals surface area contributed by atoms with Crippen LogP contribution in [0.15, 0.2) is 36.4 Å². The molecule has 0 aliphatic heterocycles. The van der Waals surface area contributed by atoms with Crippen molar-refractivity contribution in [2.24, 2.45) is 0 Å². The van der Waals surface area contributed by atoms with Crippen molar-refractivity contribution in [3.63, 3.8) is 0 Å². The van der Waals surface area contributed by atoms with E-state index in [-0.39, 0.29) is 11.7 Å². The lowest BCUT2D eigenvalue weighted by Gasteiger charge is -2.17. The molecule has 0 radical (unpaired) electrons. The molecular weight excluding hydrogens is 244 g/mol. The highest BCUT2D eigenvalue weighted by Crippen LogP contribution is 2.22. The summed E-state index contributed by atoms with van der Waals surface area (Å²) < 4.78 is 5.45. The van der Waals surface area contributed by atoms with E-state index >= 15 is 0 Å². The second-order valence-corrected chi connectivity index (χ2v) is 9.68. The minimum Gasteiger partial charge on any atom is -0.516 e. The van der Waals surface area contributed by atoms with Crippen molar-refractivity contribution in [3.8, 4) is 5.75 Å². The van der Waals surface area contributed by atoms with Gasteiger partial charge in [-0.3, -0.25) is 0 Å². The number of carbonyl (C=O) groups excluding carboxylic acids is 1. The Morgan fingerprint density at radius 3 is 2.33 bits per heavy atom. The monoisotopic (exact) mass is 260 g/mol. The molecule has 0 aliphatic rings. The van der Waals surface area contributed by atoms with Crippen molar-refractivity contribution in [2.45, 2.75) is 19.6 Å². The van der Waals surface area contributed by atoms with Gasteiger partial charge >= 0.3 is 5.97 Å². The lowest BCUT2D eigenvalue weighted by atomic mass is 10.1. The third kappa shape index (κ3) is 2.90. The van der Waals surface area contributed by atoms with Crippen LogP contribution in [0.2, 0.25) is 19.6 Å². The maximum absolute atomic E-state index is 11.9. The van der Waals surface area contributed by atoms with Crippen LogP contribution in [0.1, 0.15) is 10.4 Å². The highest BCUT2D eigenvalue weighted by molar-refractivity contribution is 6.71. The van der Waals surface area contributed by atoms with E-state index in [4.69, 9.17) is 4.43 Å². The van der Waals surface area contributed by atoms with Gasteiger partial charge < -0.3 is 9.53 Å². The van der Waals surface area contributed by atoms with Gasteiger partial charge in [0, 0.05) is 0 Å². The van der Waals surface area contributed by atoms with Crippen molar-refractivity contribution in [2.75, 3.05) is 0 Å². The summed E-state index contributed by atoms with van der Waals surface area (Å²) in [5.74, 6) is -0.0518. The summed E-state index contributed by atoms with van der Waals surface area (Å²) in [5.41, 5.74) is 0.551. The van der Waals surface area contributed by atoms with E-state index in [0.29, 0.717) is 5.56 Å². The minimum atomic E-state index is -1.87. The first kappa shape index (κ1) is 12.6. The second kappa shape index (κ2) is 4.46. The first-order valence-corrected chi connectivity index (χ1v) is 9.22. The van der Waals surface area contributed by atoms with Crippen LogP contribution in [-0.2, 0) is 4.43 Å². The Morgan fingerprint density at radius 1 is 1.06 bits per heavy atom. The third-order valence-electron chi connectivity index (χ3n) is 2.46. The standard InChI is InChI=1S/C14H16O3Si/c1-18(2,3)17-14(16)12-5-4-11-9-13(15)7-6-10(11)8-12/h4-9,15H,1-3H3. The maximum Gasteiger partial charge on any atom is 0.324 e. The van der Waals surface area contributed by atoms with E-state index in [9.17, 15) is 9.90 Å². The molecule has 0 aromatic heterocycles. The first-order chi connectivity index (χ1) is 8.35. The number of hydrogen-bond donors (Lipinski definition) is 1. The SMILES string of the molecule is C[Si](C)(C)OC(=O)c1ccc2cc(O)ccc2c1. The number of carbonyl (C=O) groups is 1. The topological polar surface area (TPSA) is 46.5 Å². The molecule has 3 nitrogen and oxygen atoms in total. The predicted molar refractivity (Wildman–Crippen MR) is 74.4 cm³/mol. The molecule has 0 saturated heterocycles. The van der Waals surface area contributed by atoms with Crippen LogP contribution in [0.25, 0.3) is 10.8 Å². The van der Waals surface area contributed by atoms with E-state index in [1.807, 2.05) is 25.7 Å². The van der Waals surface area contributed by atoms with Gasteiger partial charge in [0.25, 0.3) is 0 Å². The van der Waals surface area contributed by atoms with Gasteiger partial charge in [-0.1, -0.05) is 12.1 Å². The van der Waals surface area contributed by atoms with E-state index in [0.717, 1.165) is 10.8 Å². The fourth-order valence-electron chi connectivity index (χ4n) is 1.70. The van der Waals surface area contributed by atoms with Gasteiger partial charge in [0.05, 0.1) is 5.56 Å². The Bertz CT molecular complexity index is 600. The van der Waals surface area contributed by atoms with Crippen molar-refractivity contribution < 1.29 is 14.3 Å². The van der Waals surface area contributed by atoms with Crippen LogP contribution < -0.4 is 0 Å². The van der Waals surface area contributed by atoms with Crippen LogP contribution in [0.3, 0.4) is 0 Å². The van der Waals surface area contributed by atoms with Gasteiger partial charge in [-0.2, -0.15) is 0 Å². The molecule has 0 aliphatic carbocycles. The number of phenols is 1. The van der Waals surface area contributed by atoms with Crippen molar-refractivity contribution in [3.05, 3.63) is 42.0 Å². The molecule has 0 spiro atoms. The average Bonchev–Trinajstić information content (AvgIpc) is 2.26. The van der Waals surface area contributed by atoms with Crippen LogP contribution in [-0.4, -0.2) is 19.4 Å². The minimum absolute atomic E-state index is 0.222. The number of benzene rings is 2. The normalized spacial score (nSPS) is 11.5. The predicted octanol–water partition coefficient (Wildman–Crippen LogP) is 3.54. The summed E-state index contributed by atoms with van der Waals surface area (Å²) in [5, 5.41) is 11.2. The molecule has 0 amide bonds. The smallest absolute Gasteiger partial charge is 0.324 e. The van der Waals surface area contributed by atoms with Gasteiger partial charge in [0.1, 0.15) is 5.75 Å². The van der Waals surface area contributed by atoms with Crippen LogP contribution in [0.5, 0.6) is 5.75 Å². The molecule has 94 valence electrons. The molecule has 1 N–H and O–H groups in total. The van der Waals surface area contributed by atoms with Gasteiger partial charge in [-0.05, 0) is 54.7 Å². The average molecular weight is 260 g/mol. The summed E-state index contributed by atoms with van der Waals surface area (Å²) in [7, 11) is -1.87. The van der Waals surface area contributed by atoms with Crippen LogP contribution in [0.4, 0.5) is 0 Å². The number of phenolic OH excluding ortho intramolecular Hbond substituents is 1. The van der Waals surface area contributed by atoms with Gasteiger partial charge in [-0.25, -0.2) is 4.79 Å². The van der Waals surface area contributed by atoms with Gasteiger partial charge in [0.2, 0.25) is 8.32 Å². The molecule has 2 rings (SSSR count). The zero-order chi connectivity index (χ0) is 13.3. The zero-order valence-corrected chi connectivity index (χ0v) is 11.7. The quantitative estimate of drug-likeness (QED) is 0.840. The molecule has 0 bridgehead atoms. The van der Waals surface area contributed by atoms with Crippen LogP contribution >= 0.6 is 0 Å². The van der Waals surface area contributed by atoms with E-state index < -0.39 is 8.32 Å². The Labute approximate surface area is 107 Å². The first-order valence-electron chi connectivity index (χ1n) is 5.81. The Kier molecular flexibility index (Phi) is 3.13. The van der Waals surface area contributed by atoms with Gasteiger partial charge in [0.15, 0.2) is 0 Å². The molecule has 0 saturated carbocycles. The van der Waals surface area contributed by atoms with Crippen LogP contribution in [0, 0.1) is 0 Å². The fourth-order valence-corrected chi connectivity index (χ4v) is 2.37. The van der Waals surface area contributed by atoms with Crippen molar-refractivity contribution >= 4 is 25.1 Å². The van der Waals surface area contributed by atoms with Crippen molar-refractivity contribution in [1.82, 2.24) is 0 Å². The molecule has 0 unspecified atom stereocenters. The summed E-state index contributed by atoms with van der Waals surface area (Å²) in [4.78, 5) is 11.9. The number of aromatic hydroxyl groups is 1. The Balaban J connectivity index is 2.36. The summed E-state index contributed by atoms with van der Waals surface area (Å²) in [6.45, 7) is 5.93. The lowest BCUT2D eigenvalue weighted by molar-refractivity contribution is 0.0725. The molecule has 0 atom stereocenters. The Morgan fingerprint density at radius 2 is 1.67 bits per heavy atom. The molecule has 0 heterocycles. The molecular formula is C14H16O3Si. The molecule has 0 fully saturated rings. The molecule has 2 aromatic carbocycles. The molecule has 18 heavy (non-hydrogen) atoms. The maximum atomic E-state index is 11.9. The van der Waals surface area contributed by atoms with E-state index in [1.54, 1.807) is 30.3 Å². The summed E-state index contributed by atoms with van der Waals surface area (Å²) in [6, 6.07) is 10.4. The highest BCUT2D eigenvalue weighted by Gasteiger charge is 2.21. The van der Waals surface area contributed by atoms with E-state index in [1.165, 1.54) is 0 Å². The fraction of sp³-hybridized carbons (Fsp3) is 0.214.